The fraction of sp³-hybridized carbons (Fsp3) is 0.273. The van der Waals surface area contributed by atoms with Crippen molar-refractivity contribution in [2.24, 2.45) is 0 Å². The first kappa shape index (κ1) is 10.5. The van der Waals surface area contributed by atoms with Gasteiger partial charge in [0.15, 0.2) is 0 Å². The minimum absolute atomic E-state index is 0.255. The van der Waals surface area contributed by atoms with E-state index in [-0.39, 0.29) is 11.9 Å². The highest BCUT2D eigenvalue weighted by Crippen LogP contribution is 2.22. The van der Waals surface area contributed by atoms with Gasteiger partial charge in [0.05, 0.1) is 7.11 Å². The molecule has 3 rings (SSSR count). The fourth-order valence-electron chi connectivity index (χ4n) is 1.44. The van der Waals surface area contributed by atoms with Gasteiger partial charge >= 0.3 is 6.03 Å². The molecule has 1 unspecified atom stereocenters. The zero-order valence-electron chi connectivity index (χ0n) is 9.03. The third kappa shape index (κ3) is 1.71. The minimum Gasteiger partial charge on any atom is -0.496 e. The Bertz CT molecular complexity index is 539. The van der Waals surface area contributed by atoms with Crippen molar-refractivity contribution in [2.45, 2.75) is 13.0 Å². The molecule has 1 heterocycles. The second-order valence-electron chi connectivity index (χ2n) is 3.60. The largest absolute Gasteiger partial charge is 0.496 e. The predicted octanol–water partition coefficient (Wildman–Crippen LogP) is 0.510. The van der Waals surface area contributed by atoms with Crippen LogP contribution in [0.5, 0.6) is 5.75 Å². The first-order chi connectivity index (χ1) is 7.61. The number of carbonyl (C=O) groups is 2. The number of carbonyl (C=O) groups excluding carboxylic acids is 2. The van der Waals surface area contributed by atoms with Crippen molar-refractivity contribution >= 4 is 11.9 Å². The Kier molecular flexibility index (Phi) is 2.52. The number of hydrogen-bond acceptors (Lipinski definition) is 3. The fourth-order valence-corrected chi connectivity index (χ4v) is 1.44. The number of hydrogen-bond donors (Lipinski definition) is 2. The van der Waals surface area contributed by atoms with Gasteiger partial charge in [0.1, 0.15) is 11.8 Å². The lowest BCUT2D eigenvalue weighted by atomic mass is 10.1. The molecule has 5 nitrogen and oxygen atoms in total. The number of methoxy groups -OCH3 is 1. The van der Waals surface area contributed by atoms with Gasteiger partial charge < -0.3 is 10.1 Å². The molecule has 84 valence electrons. The molecule has 1 atom stereocenters. The number of rotatable bonds is 1. The first-order valence-corrected chi connectivity index (χ1v) is 4.91. The Labute approximate surface area is 92.1 Å². The molecule has 0 aromatic rings. The molecule has 0 spiro atoms. The standard InChI is InChI=1S/C7H6O.C4H6N2O2/c1-8-7-4-5-2-3-6(5)7;1-2-3(7)6-4(8)5-2/h2-4H,1H3;2H,1H3,(H2,5,6,7,8). The van der Waals surface area contributed by atoms with E-state index >= 15 is 0 Å². The van der Waals surface area contributed by atoms with Gasteiger partial charge in [0.25, 0.3) is 0 Å². The zero-order valence-corrected chi connectivity index (χ0v) is 9.03. The van der Waals surface area contributed by atoms with Gasteiger partial charge in [-0.3, -0.25) is 10.1 Å². The normalized spacial score (nSPS) is 19.2. The summed E-state index contributed by atoms with van der Waals surface area (Å²) in [5.41, 5.74) is 0. The Morgan fingerprint density at radius 2 is 2.06 bits per heavy atom. The maximum atomic E-state index is 10.4. The molecule has 1 saturated heterocycles. The van der Waals surface area contributed by atoms with Gasteiger partial charge in [-0.25, -0.2) is 4.79 Å². The molecule has 3 aliphatic rings. The molecule has 0 aromatic heterocycles. The molecule has 5 heteroatoms. The number of benzene rings is 1. The third-order valence-electron chi connectivity index (χ3n) is 2.49. The van der Waals surface area contributed by atoms with Gasteiger partial charge in [-0.2, -0.15) is 0 Å². The summed E-state index contributed by atoms with van der Waals surface area (Å²) in [7, 11) is 1.70. The second kappa shape index (κ2) is 3.84. The molecule has 0 bridgehead atoms. The average Bonchev–Trinajstić information content (AvgIpc) is 2.50. The highest BCUT2D eigenvalue weighted by molar-refractivity contribution is 6.03. The van der Waals surface area contributed by atoms with Crippen LogP contribution in [0.1, 0.15) is 6.92 Å². The summed E-state index contributed by atoms with van der Waals surface area (Å²) in [6, 6.07) is 5.42. The van der Waals surface area contributed by atoms with Crippen LogP contribution in [0.25, 0.3) is 0 Å². The lowest BCUT2D eigenvalue weighted by Gasteiger charge is -2.08. The maximum Gasteiger partial charge on any atom is 0.322 e. The molecule has 0 radical (unpaired) electrons. The Morgan fingerprint density at radius 1 is 1.31 bits per heavy atom. The number of imide groups is 1. The molecular weight excluding hydrogens is 208 g/mol. The zero-order chi connectivity index (χ0) is 11.7. The maximum absolute atomic E-state index is 10.4. The molecule has 0 saturated carbocycles. The Balaban J connectivity index is 0.000000120. The van der Waals surface area contributed by atoms with Crippen LogP contribution < -0.4 is 15.4 Å². The van der Waals surface area contributed by atoms with E-state index < -0.39 is 6.03 Å². The summed E-state index contributed by atoms with van der Waals surface area (Å²) < 4.78 is 4.97. The monoisotopic (exact) mass is 220 g/mol. The molecule has 3 amide bonds. The van der Waals surface area contributed by atoms with Crippen molar-refractivity contribution in [3.8, 4) is 5.75 Å². The van der Waals surface area contributed by atoms with E-state index in [9.17, 15) is 9.59 Å². The SMILES string of the molecule is CC1NC(=O)NC1=O.COc1cc2ccc1=2. The first-order valence-electron chi connectivity index (χ1n) is 4.91. The molecule has 2 aliphatic carbocycles. The lowest BCUT2D eigenvalue weighted by Crippen LogP contribution is -2.24. The van der Waals surface area contributed by atoms with Gasteiger partial charge in [-0.1, -0.05) is 12.1 Å². The summed E-state index contributed by atoms with van der Waals surface area (Å²) in [5, 5.41) is 7.06. The van der Waals surface area contributed by atoms with Crippen LogP contribution in [0, 0.1) is 10.4 Å². The van der Waals surface area contributed by atoms with Crippen LogP contribution >= 0.6 is 0 Å². The van der Waals surface area contributed by atoms with E-state index in [1.54, 1.807) is 14.0 Å². The number of urea groups is 1. The molecular formula is C11H12N2O3. The number of amides is 3. The van der Waals surface area contributed by atoms with Crippen LogP contribution in [-0.2, 0) is 4.79 Å². The lowest BCUT2D eigenvalue weighted by molar-refractivity contribution is -0.119. The van der Waals surface area contributed by atoms with Crippen LogP contribution in [0.3, 0.4) is 0 Å². The van der Waals surface area contributed by atoms with E-state index in [1.165, 1.54) is 10.4 Å². The van der Waals surface area contributed by atoms with Gasteiger partial charge in [0, 0.05) is 5.22 Å². The van der Waals surface area contributed by atoms with Crippen molar-refractivity contribution in [1.29, 1.82) is 0 Å². The molecule has 0 aromatic carbocycles. The van der Waals surface area contributed by atoms with E-state index in [0.29, 0.717) is 0 Å². The van der Waals surface area contributed by atoms with Crippen molar-refractivity contribution in [3.05, 3.63) is 28.6 Å². The summed E-state index contributed by atoms with van der Waals surface area (Å²) in [4.78, 5) is 20.6. The Hall–Kier alpha value is -2.04. The highest BCUT2D eigenvalue weighted by atomic mass is 16.5. The molecule has 1 aliphatic heterocycles. The van der Waals surface area contributed by atoms with Crippen molar-refractivity contribution in [3.63, 3.8) is 0 Å². The predicted molar refractivity (Wildman–Crippen MR) is 56.8 cm³/mol. The topological polar surface area (TPSA) is 67.4 Å². The molecule has 2 N–H and O–H groups in total. The summed E-state index contributed by atoms with van der Waals surface area (Å²) in [6.45, 7) is 1.63. The highest BCUT2D eigenvalue weighted by Gasteiger charge is 2.24. The van der Waals surface area contributed by atoms with E-state index in [4.69, 9.17) is 4.74 Å². The van der Waals surface area contributed by atoms with Crippen LogP contribution in [0.4, 0.5) is 4.79 Å². The minimum atomic E-state index is -0.400. The van der Waals surface area contributed by atoms with Gasteiger partial charge in [-0.15, -0.1) is 0 Å². The van der Waals surface area contributed by atoms with Gasteiger partial charge in [-0.05, 0) is 18.2 Å². The molecule has 1 fully saturated rings. The summed E-state index contributed by atoms with van der Waals surface area (Å²) >= 11 is 0. The van der Waals surface area contributed by atoms with Crippen molar-refractivity contribution in [1.82, 2.24) is 10.6 Å². The van der Waals surface area contributed by atoms with Crippen molar-refractivity contribution < 1.29 is 14.3 Å². The van der Waals surface area contributed by atoms with Crippen LogP contribution in [0.15, 0.2) is 18.2 Å². The quantitative estimate of drug-likeness (QED) is 0.688. The number of nitrogens with one attached hydrogen (secondary N) is 2. The van der Waals surface area contributed by atoms with E-state index in [0.717, 1.165) is 5.75 Å². The molecule has 16 heavy (non-hydrogen) atoms. The van der Waals surface area contributed by atoms with Crippen molar-refractivity contribution in [2.75, 3.05) is 7.11 Å². The van der Waals surface area contributed by atoms with Crippen LogP contribution in [-0.4, -0.2) is 25.1 Å². The summed E-state index contributed by atoms with van der Waals surface area (Å²) in [5.74, 6) is 0.775. The van der Waals surface area contributed by atoms with Crippen LogP contribution in [0.2, 0.25) is 0 Å². The average molecular weight is 220 g/mol. The Morgan fingerprint density at radius 3 is 2.19 bits per heavy atom. The summed E-state index contributed by atoms with van der Waals surface area (Å²) in [6.07, 6.45) is 0. The van der Waals surface area contributed by atoms with Gasteiger partial charge in [0.2, 0.25) is 5.91 Å². The number of ether oxygens (including phenoxy) is 1. The smallest absolute Gasteiger partial charge is 0.322 e. The van der Waals surface area contributed by atoms with E-state index in [1.807, 2.05) is 6.07 Å². The van der Waals surface area contributed by atoms with E-state index in [2.05, 4.69) is 22.8 Å². The second-order valence-corrected chi connectivity index (χ2v) is 3.60. The third-order valence-corrected chi connectivity index (χ3v) is 2.49.